The normalized spacial score (nSPS) is 23.4. The smallest absolute Gasteiger partial charge is 0.390 e. The average molecular weight is 602 g/mol. The Bertz CT molecular complexity index is 1820. The minimum Gasteiger partial charge on any atom is -0.390 e. The van der Waals surface area contributed by atoms with Crippen LogP contribution >= 0.6 is 7.75 Å². The second kappa shape index (κ2) is 11.9. The number of nitrogens with two attached hydrogens (primary N) is 1. The van der Waals surface area contributed by atoms with Gasteiger partial charge in [0.2, 0.25) is 5.60 Å². The van der Waals surface area contributed by atoms with Crippen molar-refractivity contribution >= 4 is 30.0 Å². The summed E-state index contributed by atoms with van der Waals surface area (Å²) < 4.78 is 33.4. The fourth-order valence-corrected chi connectivity index (χ4v) is 6.83. The van der Waals surface area contributed by atoms with Crippen molar-refractivity contribution in [3.8, 4) is 6.07 Å². The van der Waals surface area contributed by atoms with Gasteiger partial charge < -0.3 is 20.6 Å². The maximum Gasteiger partial charge on any atom is 0.405 e. The molecule has 0 radical (unpaired) electrons. The zero-order chi connectivity index (χ0) is 30.0. The van der Waals surface area contributed by atoms with Crippen LogP contribution in [0.1, 0.15) is 23.7 Å². The van der Waals surface area contributed by atoms with Gasteiger partial charge in [-0.05, 0) is 35.7 Å². The van der Waals surface area contributed by atoms with Gasteiger partial charge in [0, 0.05) is 29.6 Å². The number of fused-ring (bicyclic) bond motifs is 2. The maximum atomic E-state index is 14.0. The van der Waals surface area contributed by atoms with Crippen LogP contribution < -0.4 is 10.8 Å². The molecule has 1 unspecified atom stereocenters. The van der Waals surface area contributed by atoms with Gasteiger partial charge in [-0.15, -0.1) is 0 Å². The highest BCUT2D eigenvalue weighted by molar-refractivity contribution is 7.51. The molecule has 222 valence electrons. The lowest BCUT2D eigenvalue weighted by atomic mass is 9.85. The lowest BCUT2D eigenvalue weighted by Gasteiger charge is -2.25. The number of nitrogens with one attached hydrogen (secondary N) is 2. The molecule has 6 rings (SSSR count). The summed E-state index contributed by atoms with van der Waals surface area (Å²) in [5, 5.41) is 29.8. The lowest BCUT2D eigenvalue weighted by molar-refractivity contribution is -0.0526. The number of anilines is 1. The number of benzene rings is 2. The number of rotatable bonds is 11. The van der Waals surface area contributed by atoms with Gasteiger partial charge in [-0.1, -0.05) is 55.5 Å². The van der Waals surface area contributed by atoms with Crippen molar-refractivity contribution in [3.05, 3.63) is 96.1 Å². The number of para-hydroxylation sites is 1. The Morgan fingerprint density at radius 1 is 1.19 bits per heavy atom. The van der Waals surface area contributed by atoms with Gasteiger partial charge in [0.15, 0.2) is 5.82 Å². The molecule has 5 atom stereocenters. The van der Waals surface area contributed by atoms with E-state index in [1.807, 2.05) is 60.8 Å². The summed E-state index contributed by atoms with van der Waals surface area (Å²) in [5.74, 6) is -0.435. The summed E-state index contributed by atoms with van der Waals surface area (Å²) in [6, 6.07) is 22.9. The van der Waals surface area contributed by atoms with Crippen LogP contribution in [0.15, 0.2) is 79.3 Å². The van der Waals surface area contributed by atoms with E-state index in [4.69, 9.17) is 19.5 Å². The Balaban J connectivity index is 1.19. The molecule has 12 nitrogen and oxygen atoms in total. The van der Waals surface area contributed by atoms with Crippen molar-refractivity contribution < 1.29 is 23.5 Å². The molecule has 0 aliphatic carbocycles. The largest absolute Gasteiger partial charge is 0.405 e. The van der Waals surface area contributed by atoms with Crippen LogP contribution in [-0.2, 0) is 37.0 Å². The predicted octanol–water partition coefficient (Wildman–Crippen LogP) is 4.08. The van der Waals surface area contributed by atoms with Gasteiger partial charge >= 0.3 is 7.75 Å². The fraction of sp³-hybridized carbons (Fsp3) is 0.300. The van der Waals surface area contributed by atoms with E-state index in [1.54, 1.807) is 19.1 Å². The van der Waals surface area contributed by atoms with Crippen LogP contribution in [0.2, 0.25) is 0 Å². The van der Waals surface area contributed by atoms with E-state index in [2.05, 4.69) is 26.2 Å². The van der Waals surface area contributed by atoms with Gasteiger partial charge in [0.1, 0.15) is 24.0 Å². The molecule has 0 spiro atoms. The van der Waals surface area contributed by atoms with Crippen LogP contribution in [0.3, 0.4) is 0 Å². The molecule has 1 saturated heterocycles. The first-order valence-corrected chi connectivity index (χ1v) is 15.5. The molecule has 4 heterocycles. The molecule has 1 fully saturated rings. The summed E-state index contributed by atoms with van der Waals surface area (Å²) in [5.41, 5.74) is 8.22. The van der Waals surface area contributed by atoms with E-state index in [0.29, 0.717) is 24.2 Å². The number of nitriles is 1. The van der Waals surface area contributed by atoms with Gasteiger partial charge in [-0.25, -0.2) is 19.2 Å². The Hall–Kier alpha value is -4.08. The first kappa shape index (κ1) is 29.0. The third-order valence-electron chi connectivity index (χ3n) is 7.93. The van der Waals surface area contributed by atoms with E-state index in [-0.39, 0.29) is 19.0 Å². The summed E-state index contributed by atoms with van der Waals surface area (Å²) in [4.78, 5) is 7.24. The number of aromatic amines is 1. The van der Waals surface area contributed by atoms with Crippen LogP contribution in [0.5, 0.6) is 0 Å². The molecule has 13 heteroatoms. The molecular formula is C30H32N7O5P. The van der Waals surface area contributed by atoms with Gasteiger partial charge in [-0.3, -0.25) is 9.05 Å². The molecular weight excluding hydrogens is 569 g/mol. The lowest BCUT2D eigenvalue weighted by Crippen LogP contribution is -2.34. The van der Waals surface area contributed by atoms with E-state index >= 15 is 0 Å². The molecule has 3 aromatic heterocycles. The van der Waals surface area contributed by atoms with E-state index in [9.17, 15) is 14.9 Å². The number of aliphatic hydroxyl groups excluding tert-OH is 1. The molecule has 0 saturated carbocycles. The van der Waals surface area contributed by atoms with Crippen LogP contribution in [0.25, 0.3) is 16.4 Å². The highest BCUT2D eigenvalue weighted by Crippen LogP contribution is 2.48. The summed E-state index contributed by atoms with van der Waals surface area (Å²) in [6.45, 7) is 1.77. The number of nitrogens with zero attached hydrogens (tertiary/aromatic N) is 4. The van der Waals surface area contributed by atoms with Crippen molar-refractivity contribution in [2.75, 3.05) is 18.9 Å². The second-order valence-electron chi connectivity index (χ2n) is 10.5. The molecule has 1 aliphatic rings. The highest BCUT2D eigenvalue weighted by atomic mass is 31.2. The first-order chi connectivity index (χ1) is 20.8. The zero-order valence-corrected chi connectivity index (χ0v) is 24.4. The number of ether oxygens (including phenoxy) is 1. The number of hydrogen-bond acceptors (Lipinski definition) is 9. The molecule has 2 aromatic carbocycles. The Labute approximate surface area is 248 Å². The predicted molar refractivity (Wildman–Crippen MR) is 160 cm³/mol. The molecule has 0 bridgehead atoms. The standard InChI is InChI=1S/C30H32N7O5P/c1-20-28(38)26(42-30(20,18-31)27-12-11-25-29(32)34-19-35-37(25)27)17-41-43(39,40-16-21-7-3-2-4-8-21)36-14-13-22-15-33-24-10-6-5-9-23(22)24/h2-12,15,19-20,26,28,33,38H,13-14,16-17H2,1H3,(H,36,39)(H2,32,34,35)/t20-,26+,28-,30+,43?/m0/s1. The molecule has 0 amide bonds. The van der Waals surface area contributed by atoms with Gasteiger partial charge in [-0.2, -0.15) is 10.4 Å². The molecule has 43 heavy (non-hydrogen) atoms. The van der Waals surface area contributed by atoms with E-state index < -0.39 is 31.5 Å². The summed E-state index contributed by atoms with van der Waals surface area (Å²) in [7, 11) is -3.89. The van der Waals surface area contributed by atoms with Gasteiger partial charge in [0.25, 0.3) is 0 Å². The molecule has 5 N–H and O–H groups in total. The Morgan fingerprint density at radius 2 is 1.98 bits per heavy atom. The number of aliphatic hydroxyl groups is 1. The summed E-state index contributed by atoms with van der Waals surface area (Å²) >= 11 is 0. The number of nitrogen functional groups attached to an aromatic ring is 1. The van der Waals surface area contributed by atoms with Crippen molar-refractivity contribution in [1.82, 2.24) is 24.7 Å². The molecule has 1 aliphatic heterocycles. The maximum absolute atomic E-state index is 14.0. The van der Waals surface area contributed by atoms with Crippen LogP contribution in [-0.4, -0.2) is 50.0 Å². The Kier molecular flexibility index (Phi) is 8.03. The van der Waals surface area contributed by atoms with E-state index in [1.165, 1.54) is 10.8 Å². The van der Waals surface area contributed by atoms with Crippen molar-refractivity contribution in [2.24, 2.45) is 5.92 Å². The number of H-pyrrole nitrogens is 1. The number of aromatic nitrogens is 4. The third-order valence-corrected chi connectivity index (χ3v) is 9.50. The first-order valence-electron chi connectivity index (χ1n) is 13.9. The van der Waals surface area contributed by atoms with E-state index in [0.717, 1.165) is 22.0 Å². The topological polar surface area (TPSA) is 173 Å². The van der Waals surface area contributed by atoms with Crippen molar-refractivity contribution in [1.29, 1.82) is 5.26 Å². The highest BCUT2D eigenvalue weighted by Gasteiger charge is 2.56. The van der Waals surface area contributed by atoms with Crippen LogP contribution in [0, 0.1) is 17.2 Å². The van der Waals surface area contributed by atoms with Gasteiger partial charge in [0.05, 0.1) is 25.0 Å². The van der Waals surface area contributed by atoms with Crippen LogP contribution in [0.4, 0.5) is 5.82 Å². The Morgan fingerprint density at radius 3 is 2.79 bits per heavy atom. The monoisotopic (exact) mass is 601 g/mol. The zero-order valence-electron chi connectivity index (χ0n) is 23.5. The minimum absolute atomic E-state index is 0.0437. The quantitative estimate of drug-likeness (QED) is 0.162. The molecule has 5 aromatic rings. The summed E-state index contributed by atoms with van der Waals surface area (Å²) in [6.07, 6.45) is 1.69. The SMILES string of the molecule is C[C@H]1[C@H](O)[C@@H](COP(=O)(NCCc2c[nH]c3ccccc23)OCc2ccccc2)O[C@@]1(C#N)c1ccc2c(N)ncnn12. The minimum atomic E-state index is -3.89. The van der Waals surface area contributed by atoms with Crippen molar-refractivity contribution in [3.63, 3.8) is 0 Å². The average Bonchev–Trinajstić information content (AvgIpc) is 3.72. The van der Waals surface area contributed by atoms with Crippen molar-refractivity contribution in [2.45, 2.75) is 37.8 Å². The third kappa shape index (κ3) is 5.55. The second-order valence-corrected chi connectivity index (χ2v) is 12.3. The fourth-order valence-electron chi connectivity index (χ4n) is 5.52. The number of hydrogen-bond donors (Lipinski definition) is 4.